The number of halogens is 1. The van der Waals surface area contributed by atoms with Gasteiger partial charge in [0.1, 0.15) is 10.2 Å². The monoisotopic (exact) mass is 313 g/mol. The molecule has 0 aromatic carbocycles. The minimum absolute atomic E-state index is 0.260. The Morgan fingerprint density at radius 1 is 1.39 bits per heavy atom. The van der Waals surface area contributed by atoms with Crippen LogP contribution in [0, 0.1) is 0 Å². The molecule has 0 saturated carbocycles. The fourth-order valence-electron chi connectivity index (χ4n) is 1.67. The minimum Gasteiger partial charge on any atom is -0.444 e. The molecule has 2 heterocycles. The number of carbonyl (C=O) groups excluding carboxylic acids is 1. The van der Waals surface area contributed by atoms with Crippen molar-refractivity contribution in [1.82, 2.24) is 14.9 Å². The molecule has 0 aliphatic carbocycles. The van der Waals surface area contributed by atoms with Crippen LogP contribution in [-0.4, -0.2) is 39.7 Å². The van der Waals surface area contributed by atoms with Crippen molar-refractivity contribution in [2.75, 3.05) is 13.1 Å². The Morgan fingerprint density at radius 3 is 2.56 bits per heavy atom. The third-order valence-electron chi connectivity index (χ3n) is 2.59. The summed E-state index contributed by atoms with van der Waals surface area (Å²) in [5.74, 6) is 0.262. The van der Waals surface area contributed by atoms with Gasteiger partial charge in [-0.2, -0.15) is 0 Å². The van der Waals surface area contributed by atoms with Crippen LogP contribution >= 0.6 is 15.9 Å². The second-order valence-electron chi connectivity index (χ2n) is 5.35. The molecule has 0 atom stereocenters. The van der Waals surface area contributed by atoms with Crippen LogP contribution in [0.15, 0.2) is 17.0 Å². The van der Waals surface area contributed by atoms with Crippen LogP contribution in [0.1, 0.15) is 32.4 Å². The topological polar surface area (TPSA) is 55.3 Å². The van der Waals surface area contributed by atoms with Crippen molar-refractivity contribution >= 4 is 22.0 Å². The summed E-state index contributed by atoms with van der Waals surface area (Å²) >= 11 is 3.24. The van der Waals surface area contributed by atoms with E-state index in [2.05, 4.69) is 25.9 Å². The van der Waals surface area contributed by atoms with Crippen molar-refractivity contribution in [1.29, 1.82) is 0 Å². The highest BCUT2D eigenvalue weighted by Crippen LogP contribution is 2.26. The van der Waals surface area contributed by atoms with Crippen LogP contribution in [0.5, 0.6) is 0 Å². The summed E-state index contributed by atoms with van der Waals surface area (Å²) in [5, 5.41) is 0. The summed E-state index contributed by atoms with van der Waals surface area (Å²) in [6, 6.07) is 0. The largest absolute Gasteiger partial charge is 0.444 e. The van der Waals surface area contributed by atoms with E-state index in [0.29, 0.717) is 13.1 Å². The fraction of sp³-hybridized carbons (Fsp3) is 0.583. The molecule has 0 unspecified atom stereocenters. The Morgan fingerprint density at radius 2 is 2.06 bits per heavy atom. The minimum atomic E-state index is -0.445. The Hall–Kier alpha value is -1.17. The number of likely N-dealkylation sites (tertiary alicyclic amines) is 1. The van der Waals surface area contributed by atoms with E-state index < -0.39 is 5.60 Å². The van der Waals surface area contributed by atoms with Crippen molar-refractivity contribution in [3.05, 3.63) is 22.7 Å². The van der Waals surface area contributed by atoms with Gasteiger partial charge in [0.25, 0.3) is 0 Å². The maximum absolute atomic E-state index is 11.7. The van der Waals surface area contributed by atoms with Gasteiger partial charge < -0.3 is 9.64 Å². The molecule has 18 heavy (non-hydrogen) atoms. The molecule has 1 amide bonds. The Balaban J connectivity index is 1.87. The first kappa shape index (κ1) is 13.3. The number of amides is 1. The Labute approximate surface area is 115 Å². The summed E-state index contributed by atoms with van der Waals surface area (Å²) in [5.41, 5.74) is 0.470. The molecule has 98 valence electrons. The molecular weight excluding hydrogens is 298 g/mol. The summed E-state index contributed by atoms with van der Waals surface area (Å²) < 4.78 is 6.01. The molecular formula is C12H16BrN3O2. The molecule has 1 aliphatic rings. The lowest BCUT2D eigenvalue weighted by Gasteiger charge is -2.39. The van der Waals surface area contributed by atoms with Crippen LogP contribution < -0.4 is 0 Å². The third-order valence-corrected chi connectivity index (χ3v) is 3.00. The van der Waals surface area contributed by atoms with Crippen molar-refractivity contribution in [2.24, 2.45) is 0 Å². The number of aromatic nitrogens is 2. The average Bonchev–Trinajstić information content (AvgIpc) is 2.15. The first-order chi connectivity index (χ1) is 8.35. The van der Waals surface area contributed by atoms with Gasteiger partial charge in [0.2, 0.25) is 0 Å². The summed E-state index contributed by atoms with van der Waals surface area (Å²) in [6.45, 7) is 6.88. The quantitative estimate of drug-likeness (QED) is 0.799. The molecule has 0 bridgehead atoms. The number of nitrogens with zero attached hydrogens (tertiary/aromatic N) is 3. The average molecular weight is 314 g/mol. The van der Waals surface area contributed by atoms with Crippen LogP contribution in [0.4, 0.5) is 4.79 Å². The van der Waals surface area contributed by atoms with E-state index in [1.807, 2.05) is 20.8 Å². The van der Waals surface area contributed by atoms with E-state index >= 15 is 0 Å². The number of rotatable bonds is 1. The molecule has 0 N–H and O–H groups in total. The maximum atomic E-state index is 11.7. The molecule has 1 aromatic heterocycles. The lowest BCUT2D eigenvalue weighted by atomic mass is 9.97. The zero-order chi connectivity index (χ0) is 13.3. The Bertz CT molecular complexity index is 436. The van der Waals surface area contributed by atoms with Crippen LogP contribution in [0.25, 0.3) is 0 Å². The van der Waals surface area contributed by atoms with Crippen LogP contribution in [0.2, 0.25) is 0 Å². The summed E-state index contributed by atoms with van der Waals surface area (Å²) in [7, 11) is 0. The number of carbonyl (C=O) groups is 1. The number of hydrogen-bond donors (Lipinski definition) is 0. The second-order valence-corrected chi connectivity index (χ2v) is 6.16. The van der Waals surface area contributed by atoms with Gasteiger partial charge in [0.05, 0.1) is 18.1 Å². The molecule has 0 radical (unpaired) electrons. The lowest BCUT2D eigenvalue weighted by Crippen LogP contribution is -2.50. The molecule has 2 rings (SSSR count). The SMILES string of the molecule is CC(C)(C)OC(=O)N1CC(c2cnc(Br)cn2)C1. The van der Waals surface area contributed by atoms with Crippen LogP contribution in [-0.2, 0) is 4.74 Å². The molecule has 1 fully saturated rings. The maximum Gasteiger partial charge on any atom is 0.410 e. The van der Waals surface area contributed by atoms with Crippen molar-refractivity contribution < 1.29 is 9.53 Å². The standard InChI is InChI=1S/C12H16BrN3O2/c1-12(2,3)18-11(17)16-6-8(7-16)9-4-15-10(13)5-14-9/h4-5,8H,6-7H2,1-3H3. The highest BCUT2D eigenvalue weighted by Gasteiger charge is 2.35. The van der Waals surface area contributed by atoms with Crippen molar-refractivity contribution in [3.63, 3.8) is 0 Å². The second kappa shape index (κ2) is 4.84. The first-order valence-corrected chi connectivity index (χ1v) is 6.60. The van der Waals surface area contributed by atoms with Gasteiger partial charge in [0.15, 0.2) is 0 Å². The molecule has 1 aliphatic heterocycles. The third kappa shape index (κ3) is 3.19. The van der Waals surface area contributed by atoms with Gasteiger partial charge in [-0.1, -0.05) is 0 Å². The highest BCUT2D eigenvalue weighted by atomic mass is 79.9. The highest BCUT2D eigenvalue weighted by molar-refractivity contribution is 9.10. The van der Waals surface area contributed by atoms with Crippen molar-refractivity contribution in [2.45, 2.75) is 32.3 Å². The zero-order valence-electron chi connectivity index (χ0n) is 10.7. The van der Waals surface area contributed by atoms with E-state index in [9.17, 15) is 4.79 Å². The van der Waals surface area contributed by atoms with E-state index in [4.69, 9.17) is 4.74 Å². The smallest absolute Gasteiger partial charge is 0.410 e. The molecule has 1 saturated heterocycles. The van der Waals surface area contributed by atoms with E-state index in [1.165, 1.54) is 0 Å². The van der Waals surface area contributed by atoms with Gasteiger partial charge in [-0.25, -0.2) is 9.78 Å². The molecule has 5 nitrogen and oxygen atoms in total. The predicted molar refractivity (Wildman–Crippen MR) is 70.3 cm³/mol. The van der Waals surface area contributed by atoms with E-state index in [-0.39, 0.29) is 12.0 Å². The van der Waals surface area contributed by atoms with Gasteiger partial charge in [-0.3, -0.25) is 4.98 Å². The molecule has 0 spiro atoms. The number of ether oxygens (including phenoxy) is 1. The molecule has 6 heteroatoms. The fourth-order valence-corrected chi connectivity index (χ4v) is 1.88. The van der Waals surface area contributed by atoms with E-state index in [0.717, 1.165) is 10.3 Å². The van der Waals surface area contributed by atoms with E-state index in [1.54, 1.807) is 17.3 Å². The summed E-state index contributed by atoms with van der Waals surface area (Å²) in [4.78, 5) is 21.8. The summed E-state index contributed by atoms with van der Waals surface area (Å²) in [6.07, 6.45) is 3.15. The zero-order valence-corrected chi connectivity index (χ0v) is 12.3. The van der Waals surface area contributed by atoms with Gasteiger partial charge in [0, 0.05) is 19.0 Å². The lowest BCUT2D eigenvalue weighted by molar-refractivity contribution is 0.00784. The predicted octanol–water partition coefficient (Wildman–Crippen LogP) is 2.57. The Kier molecular flexibility index (Phi) is 3.56. The number of hydrogen-bond acceptors (Lipinski definition) is 4. The van der Waals surface area contributed by atoms with Gasteiger partial charge in [-0.05, 0) is 36.7 Å². The molecule has 1 aromatic rings. The van der Waals surface area contributed by atoms with Gasteiger partial charge >= 0.3 is 6.09 Å². The van der Waals surface area contributed by atoms with Crippen LogP contribution in [0.3, 0.4) is 0 Å². The first-order valence-electron chi connectivity index (χ1n) is 5.80. The van der Waals surface area contributed by atoms with Crippen molar-refractivity contribution in [3.8, 4) is 0 Å². The van der Waals surface area contributed by atoms with Gasteiger partial charge in [-0.15, -0.1) is 0 Å². The normalized spacial score (nSPS) is 16.3.